The fraction of sp³-hybridized carbons (Fsp3) is 0.125. The lowest BCUT2D eigenvalue weighted by molar-refractivity contribution is -0.116. The Hall–Kier alpha value is -1.80. The first-order valence-electron chi connectivity index (χ1n) is 6.67. The summed E-state index contributed by atoms with van der Waals surface area (Å²) in [5.41, 5.74) is 0.318. The SMILES string of the molecule is O=C(CCOc1ccccc1Cl)Nc1ccc(I)cc1C(=O)O. The predicted octanol–water partition coefficient (Wildman–Crippen LogP) is 4.05. The molecule has 0 aliphatic heterocycles. The largest absolute Gasteiger partial charge is 0.491 e. The molecule has 0 heterocycles. The third-order valence-electron chi connectivity index (χ3n) is 2.91. The molecule has 2 aromatic carbocycles. The number of nitrogens with one attached hydrogen (secondary N) is 1. The third kappa shape index (κ3) is 5.11. The van der Waals surface area contributed by atoms with Crippen molar-refractivity contribution in [1.82, 2.24) is 0 Å². The fourth-order valence-electron chi connectivity index (χ4n) is 1.83. The van der Waals surface area contributed by atoms with Gasteiger partial charge in [0.2, 0.25) is 5.91 Å². The zero-order valence-electron chi connectivity index (χ0n) is 11.9. The van der Waals surface area contributed by atoms with Crippen LogP contribution >= 0.6 is 34.2 Å². The molecule has 23 heavy (non-hydrogen) atoms. The fourth-order valence-corrected chi connectivity index (χ4v) is 2.51. The van der Waals surface area contributed by atoms with E-state index in [1.807, 2.05) is 22.6 Å². The molecule has 0 atom stereocenters. The van der Waals surface area contributed by atoms with Crippen molar-refractivity contribution in [1.29, 1.82) is 0 Å². The minimum atomic E-state index is -1.09. The summed E-state index contributed by atoms with van der Waals surface area (Å²) in [6, 6.07) is 11.8. The number of anilines is 1. The van der Waals surface area contributed by atoms with Crippen LogP contribution in [0.2, 0.25) is 5.02 Å². The van der Waals surface area contributed by atoms with Crippen molar-refractivity contribution in [2.24, 2.45) is 0 Å². The van der Waals surface area contributed by atoms with E-state index >= 15 is 0 Å². The normalized spacial score (nSPS) is 10.2. The Kier molecular flexibility index (Phi) is 6.23. The van der Waals surface area contributed by atoms with Crippen molar-refractivity contribution in [2.45, 2.75) is 6.42 Å². The zero-order valence-corrected chi connectivity index (χ0v) is 14.8. The number of ether oxygens (including phenoxy) is 1. The molecule has 0 aliphatic carbocycles. The summed E-state index contributed by atoms with van der Waals surface area (Å²) in [6.45, 7) is 0.141. The molecule has 0 aliphatic rings. The summed E-state index contributed by atoms with van der Waals surface area (Å²) < 4.78 is 6.21. The Labute approximate surface area is 151 Å². The minimum Gasteiger partial charge on any atom is -0.491 e. The van der Waals surface area contributed by atoms with Gasteiger partial charge in [-0.2, -0.15) is 0 Å². The van der Waals surface area contributed by atoms with Crippen molar-refractivity contribution in [3.63, 3.8) is 0 Å². The number of rotatable bonds is 6. The van der Waals surface area contributed by atoms with E-state index in [-0.39, 0.29) is 30.2 Å². The highest BCUT2D eigenvalue weighted by Crippen LogP contribution is 2.23. The van der Waals surface area contributed by atoms with Crippen molar-refractivity contribution in [2.75, 3.05) is 11.9 Å². The molecule has 1 amide bonds. The number of hydrogen-bond donors (Lipinski definition) is 2. The Bertz CT molecular complexity index is 736. The second-order valence-electron chi connectivity index (χ2n) is 4.57. The van der Waals surface area contributed by atoms with Gasteiger partial charge >= 0.3 is 5.97 Å². The van der Waals surface area contributed by atoms with E-state index in [1.54, 1.807) is 36.4 Å². The smallest absolute Gasteiger partial charge is 0.337 e. The van der Waals surface area contributed by atoms with Crippen LogP contribution in [0.4, 0.5) is 5.69 Å². The van der Waals surface area contributed by atoms with Gasteiger partial charge < -0.3 is 15.2 Å². The second kappa shape index (κ2) is 8.16. The Balaban J connectivity index is 1.93. The molecule has 7 heteroatoms. The van der Waals surface area contributed by atoms with Gasteiger partial charge in [-0.05, 0) is 52.9 Å². The quantitative estimate of drug-likeness (QED) is 0.658. The van der Waals surface area contributed by atoms with Gasteiger partial charge in [-0.3, -0.25) is 4.79 Å². The van der Waals surface area contributed by atoms with E-state index in [4.69, 9.17) is 21.4 Å². The summed E-state index contributed by atoms with van der Waals surface area (Å²) in [5, 5.41) is 12.2. The van der Waals surface area contributed by atoms with Gasteiger partial charge in [0.05, 0.1) is 29.3 Å². The first-order valence-corrected chi connectivity index (χ1v) is 8.13. The lowest BCUT2D eigenvalue weighted by Gasteiger charge is -2.10. The highest BCUT2D eigenvalue weighted by molar-refractivity contribution is 14.1. The minimum absolute atomic E-state index is 0.0530. The maximum atomic E-state index is 11.9. The van der Waals surface area contributed by atoms with Crippen LogP contribution in [0.15, 0.2) is 42.5 Å². The Morgan fingerprint density at radius 2 is 1.96 bits per heavy atom. The van der Waals surface area contributed by atoms with Gasteiger partial charge in [0.25, 0.3) is 0 Å². The maximum Gasteiger partial charge on any atom is 0.337 e. The van der Waals surface area contributed by atoms with Gasteiger partial charge in [-0.25, -0.2) is 4.79 Å². The molecule has 2 N–H and O–H groups in total. The molecule has 0 radical (unpaired) electrons. The van der Waals surface area contributed by atoms with Gasteiger partial charge in [-0.15, -0.1) is 0 Å². The molecular formula is C16H13ClINO4. The summed E-state index contributed by atoms with van der Waals surface area (Å²) in [5.74, 6) is -0.922. The molecule has 5 nitrogen and oxygen atoms in total. The first-order chi connectivity index (χ1) is 11.0. The summed E-state index contributed by atoms with van der Waals surface area (Å²) in [6.07, 6.45) is 0.0796. The first kappa shape index (κ1) is 17.6. The molecule has 0 aromatic heterocycles. The molecule has 2 rings (SSSR count). The molecule has 0 saturated carbocycles. The van der Waals surface area contributed by atoms with E-state index in [0.29, 0.717) is 10.8 Å². The predicted molar refractivity (Wildman–Crippen MR) is 96.3 cm³/mol. The molecule has 120 valence electrons. The number of carbonyl (C=O) groups is 2. The Morgan fingerprint density at radius 1 is 1.22 bits per heavy atom. The number of aromatic carboxylic acids is 1. The average Bonchev–Trinajstić information content (AvgIpc) is 2.51. The lowest BCUT2D eigenvalue weighted by Crippen LogP contribution is -2.17. The number of carboxylic acid groups (broad SMARTS) is 1. The van der Waals surface area contributed by atoms with Crippen LogP contribution in [0.25, 0.3) is 0 Å². The second-order valence-corrected chi connectivity index (χ2v) is 6.22. The van der Waals surface area contributed by atoms with E-state index in [0.717, 1.165) is 3.57 Å². The standard InChI is InChI=1S/C16H13ClINO4/c17-12-3-1-2-4-14(12)23-8-7-15(20)19-13-6-5-10(18)9-11(13)16(21)22/h1-6,9H,7-8H2,(H,19,20)(H,21,22). The molecule has 0 fully saturated rings. The van der Waals surface area contributed by atoms with E-state index < -0.39 is 5.97 Å². The van der Waals surface area contributed by atoms with Gasteiger partial charge in [0.15, 0.2) is 0 Å². The average molecular weight is 446 g/mol. The number of carbonyl (C=O) groups excluding carboxylic acids is 1. The van der Waals surface area contributed by atoms with Crippen molar-refractivity contribution < 1.29 is 19.4 Å². The number of para-hydroxylation sites is 1. The van der Waals surface area contributed by atoms with Crippen LogP contribution in [-0.2, 0) is 4.79 Å². The summed E-state index contributed by atoms with van der Waals surface area (Å²) in [7, 11) is 0. The molecule has 0 bridgehead atoms. The monoisotopic (exact) mass is 445 g/mol. The summed E-state index contributed by atoms with van der Waals surface area (Å²) >= 11 is 7.96. The highest BCUT2D eigenvalue weighted by Gasteiger charge is 2.13. The van der Waals surface area contributed by atoms with Gasteiger partial charge in [0, 0.05) is 3.57 Å². The molecule has 0 saturated heterocycles. The van der Waals surface area contributed by atoms with Crippen molar-refractivity contribution in [3.05, 3.63) is 56.6 Å². The van der Waals surface area contributed by atoms with E-state index in [9.17, 15) is 9.59 Å². The van der Waals surface area contributed by atoms with Crippen LogP contribution in [0.3, 0.4) is 0 Å². The number of amides is 1. The van der Waals surface area contributed by atoms with Crippen LogP contribution in [0.5, 0.6) is 5.75 Å². The number of carboxylic acids is 1. The third-order valence-corrected chi connectivity index (χ3v) is 3.89. The molecular weight excluding hydrogens is 433 g/mol. The number of halogens is 2. The molecule has 2 aromatic rings. The highest BCUT2D eigenvalue weighted by atomic mass is 127. The van der Waals surface area contributed by atoms with Crippen molar-refractivity contribution >= 4 is 51.8 Å². The van der Waals surface area contributed by atoms with Crippen LogP contribution in [0.1, 0.15) is 16.8 Å². The van der Waals surface area contributed by atoms with Crippen molar-refractivity contribution in [3.8, 4) is 5.75 Å². The zero-order chi connectivity index (χ0) is 16.8. The topological polar surface area (TPSA) is 75.6 Å². The van der Waals surface area contributed by atoms with E-state index in [1.165, 1.54) is 6.07 Å². The van der Waals surface area contributed by atoms with Crippen LogP contribution in [-0.4, -0.2) is 23.6 Å². The Morgan fingerprint density at radius 3 is 2.65 bits per heavy atom. The number of hydrogen-bond acceptors (Lipinski definition) is 3. The van der Waals surface area contributed by atoms with E-state index in [2.05, 4.69) is 5.32 Å². The summed E-state index contributed by atoms with van der Waals surface area (Å²) in [4.78, 5) is 23.1. The molecule has 0 unspecified atom stereocenters. The molecule has 0 spiro atoms. The lowest BCUT2D eigenvalue weighted by atomic mass is 10.2. The maximum absolute atomic E-state index is 11.9. The van der Waals surface area contributed by atoms with Gasteiger partial charge in [-0.1, -0.05) is 23.7 Å². The van der Waals surface area contributed by atoms with Crippen LogP contribution < -0.4 is 10.1 Å². The van der Waals surface area contributed by atoms with Gasteiger partial charge in [0.1, 0.15) is 5.75 Å². The number of benzene rings is 2. The van der Waals surface area contributed by atoms with Crippen LogP contribution in [0, 0.1) is 3.57 Å².